The predicted molar refractivity (Wildman–Crippen MR) is 64.4 cm³/mol. The molecule has 0 heterocycles. The van der Waals surface area contributed by atoms with Crippen LogP contribution in [0.25, 0.3) is 0 Å². The van der Waals surface area contributed by atoms with Crippen LogP contribution in [0.1, 0.15) is 20.8 Å². The van der Waals surface area contributed by atoms with E-state index in [0.717, 1.165) is 0 Å². The maximum Gasteiger partial charge on any atom is 0.427 e. The third kappa shape index (κ3) is 7.10. The normalized spacial score (nSPS) is 12.4. The topological polar surface area (TPSA) is 86.2 Å². The Morgan fingerprint density at radius 3 is 2.24 bits per heavy atom. The number of carbonyl (C=O) groups is 1. The number of nitrogens with one attached hydrogen (secondary N) is 1. The summed E-state index contributed by atoms with van der Waals surface area (Å²) in [7, 11) is -1.94. The molecule has 0 radical (unpaired) electrons. The highest BCUT2D eigenvalue weighted by atomic mass is 31.2. The quantitative estimate of drug-likeness (QED) is 0.432. The van der Waals surface area contributed by atoms with E-state index in [2.05, 4.69) is 15.3 Å². The summed E-state index contributed by atoms with van der Waals surface area (Å²) in [5.74, 6) is 0. The molecule has 0 aromatic carbocycles. The number of methoxy groups -OCH3 is 1. The van der Waals surface area contributed by atoms with Crippen LogP contribution in [-0.4, -0.2) is 38.3 Å². The van der Waals surface area contributed by atoms with Crippen molar-refractivity contribution >= 4 is 19.4 Å². The molecule has 0 fully saturated rings. The number of nitrogens with zero attached hydrogens (tertiary/aromatic N) is 1. The first-order valence-corrected chi connectivity index (χ1v) is 6.95. The van der Waals surface area contributed by atoms with Crippen LogP contribution in [0, 0.1) is 0 Å². The maximum absolute atomic E-state index is 12.1. The summed E-state index contributed by atoms with van der Waals surface area (Å²) < 4.78 is 26.6. The molecule has 0 aliphatic carbocycles. The first kappa shape index (κ1) is 16.1. The monoisotopic (exact) mass is 266 g/mol. The van der Waals surface area contributed by atoms with E-state index in [4.69, 9.17) is 9.05 Å². The lowest BCUT2D eigenvalue weighted by Gasteiger charge is -2.16. The maximum atomic E-state index is 12.1. The fourth-order valence-corrected chi connectivity index (χ4v) is 2.70. The van der Waals surface area contributed by atoms with Gasteiger partial charge >= 0.3 is 13.7 Å². The molecule has 1 amide bonds. The van der Waals surface area contributed by atoms with E-state index < -0.39 is 13.7 Å². The largest absolute Gasteiger partial charge is 0.452 e. The van der Waals surface area contributed by atoms with Crippen molar-refractivity contribution in [3.63, 3.8) is 0 Å². The Balaban J connectivity index is 4.44. The zero-order valence-electron chi connectivity index (χ0n) is 10.6. The molecular formula is C9H19N2O5P. The minimum atomic E-state index is -3.17. The van der Waals surface area contributed by atoms with Gasteiger partial charge in [0.15, 0.2) is 0 Å². The summed E-state index contributed by atoms with van der Waals surface area (Å²) in [6.45, 7) is 5.64. The van der Waals surface area contributed by atoms with Gasteiger partial charge < -0.3 is 13.8 Å². The number of rotatable bonds is 7. The first-order valence-electron chi connectivity index (χ1n) is 5.22. The molecule has 0 unspecified atom stereocenters. The fraction of sp³-hybridized carbons (Fsp3) is 0.778. The molecule has 17 heavy (non-hydrogen) atoms. The second-order valence-corrected chi connectivity index (χ2v) is 5.11. The zero-order valence-corrected chi connectivity index (χ0v) is 11.5. The standard InChI is InChI=1S/C9H19N2O5P/c1-5-15-17(13,16-6-2)7-8(3)10-11-9(12)14-4/h5-7H2,1-4H3,(H,11,12)/b10-8+. The summed E-state index contributed by atoms with van der Waals surface area (Å²) in [6.07, 6.45) is -0.661. The number of ether oxygens (including phenoxy) is 1. The average Bonchev–Trinajstić information content (AvgIpc) is 2.26. The van der Waals surface area contributed by atoms with E-state index in [0.29, 0.717) is 5.71 Å². The fourth-order valence-electron chi connectivity index (χ4n) is 1.02. The molecule has 7 nitrogen and oxygen atoms in total. The Kier molecular flexibility index (Phi) is 7.78. The molecule has 0 rings (SSSR count). The highest BCUT2D eigenvalue weighted by Crippen LogP contribution is 2.47. The van der Waals surface area contributed by atoms with Gasteiger partial charge in [-0.05, 0) is 20.8 Å². The van der Waals surface area contributed by atoms with Gasteiger partial charge in [0.1, 0.15) is 0 Å². The number of hydrogen-bond donors (Lipinski definition) is 1. The van der Waals surface area contributed by atoms with E-state index in [1.54, 1.807) is 20.8 Å². The van der Waals surface area contributed by atoms with Crippen molar-refractivity contribution in [2.45, 2.75) is 20.8 Å². The van der Waals surface area contributed by atoms with Crippen molar-refractivity contribution in [3.8, 4) is 0 Å². The molecule has 0 aromatic rings. The number of hydrazone groups is 1. The van der Waals surface area contributed by atoms with Crippen molar-refractivity contribution in [3.05, 3.63) is 0 Å². The lowest BCUT2D eigenvalue weighted by molar-refractivity contribution is 0.171. The molecule has 0 spiro atoms. The van der Waals surface area contributed by atoms with E-state index >= 15 is 0 Å². The first-order chi connectivity index (χ1) is 7.97. The van der Waals surface area contributed by atoms with Gasteiger partial charge in [-0.2, -0.15) is 5.10 Å². The molecule has 100 valence electrons. The SMILES string of the molecule is CCOP(=O)(C/C(C)=N/NC(=O)OC)OCC. The molecule has 0 aromatic heterocycles. The van der Waals surface area contributed by atoms with E-state index in [9.17, 15) is 9.36 Å². The van der Waals surface area contributed by atoms with Gasteiger partial charge in [0.05, 0.1) is 26.5 Å². The molecule has 0 atom stereocenters. The molecule has 1 N–H and O–H groups in total. The van der Waals surface area contributed by atoms with Crippen LogP contribution in [-0.2, 0) is 18.3 Å². The number of hydrogen-bond acceptors (Lipinski definition) is 6. The van der Waals surface area contributed by atoms with Gasteiger partial charge in [-0.3, -0.25) is 4.57 Å². The third-order valence-electron chi connectivity index (χ3n) is 1.60. The van der Waals surface area contributed by atoms with Crippen molar-refractivity contribution < 1.29 is 23.1 Å². The lowest BCUT2D eigenvalue weighted by Crippen LogP contribution is -2.19. The summed E-state index contributed by atoms with van der Waals surface area (Å²) in [5.41, 5.74) is 2.56. The Morgan fingerprint density at radius 1 is 1.29 bits per heavy atom. The summed E-state index contributed by atoms with van der Waals surface area (Å²) in [4.78, 5) is 10.8. The molecule has 0 bridgehead atoms. The minimum absolute atomic E-state index is 0.0265. The van der Waals surface area contributed by atoms with Crippen LogP contribution in [0.4, 0.5) is 4.79 Å². The van der Waals surface area contributed by atoms with Crippen molar-refractivity contribution in [2.75, 3.05) is 26.5 Å². The van der Waals surface area contributed by atoms with Gasteiger partial charge in [-0.1, -0.05) is 0 Å². The highest BCUT2D eigenvalue weighted by Gasteiger charge is 2.24. The minimum Gasteiger partial charge on any atom is -0.452 e. The van der Waals surface area contributed by atoms with Crippen molar-refractivity contribution in [1.29, 1.82) is 0 Å². The zero-order chi connectivity index (χ0) is 13.3. The molecule has 0 aliphatic heterocycles. The highest BCUT2D eigenvalue weighted by molar-refractivity contribution is 7.54. The number of carbonyl (C=O) groups excluding carboxylic acids is 1. The van der Waals surface area contributed by atoms with E-state index in [-0.39, 0.29) is 19.4 Å². The Hall–Kier alpha value is -0.910. The van der Waals surface area contributed by atoms with Crippen molar-refractivity contribution in [2.24, 2.45) is 5.10 Å². The predicted octanol–water partition coefficient (Wildman–Crippen LogP) is 1.98. The van der Waals surface area contributed by atoms with Crippen LogP contribution in [0.5, 0.6) is 0 Å². The number of amides is 1. The lowest BCUT2D eigenvalue weighted by atomic mass is 10.5. The van der Waals surface area contributed by atoms with Crippen LogP contribution in [0.2, 0.25) is 0 Å². The van der Waals surface area contributed by atoms with Crippen LogP contribution < -0.4 is 5.43 Å². The second-order valence-electron chi connectivity index (χ2n) is 3.06. The van der Waals surface area contributed by atoms with Crippen molar-refractivity contribution in [1.82, 2.24) is 5.43 Å². The van der Waals surface area contributed by atoms with Gasteiger partial charge in [0, 0.05) is 5.71 Å². The smallest absolute Gasteiger partial charge is 0.427 e. The average molecular weight is 266 g/mol. The Labute approximate surface area is 101 Å². The Morgan fingerprint density at radius 2 is 1.82 bits per heavy atom. The molecule has 0 aliphatic rings. The van der Waals surface area contributed by atoms with E-state index in [1.165, 1.54) is 7.11 Å². The Bertz CT molecular complexity index is 309. The summed E-state index contributed by atoms with van der Waals surface area (Å²) in [5, 5.41) is 3.70. The van der Waals surface area contributed by atoms with Gasteiger partial charge in [0.2, 0.25) is 0 Å². The summed E-state index contributed by atoms with van der Waals surface area (Å²) in [6, 6.07) is 0. The molecule has 8 heteroatoms. The van der Waals surface area contributed by atoms with Crippen LogP contribution in [0.15, 0.2) is 5.10 Å². The molecular weight excluding hydrogens is 247 g/mol. The van der Waals surface area contributed by atoms with Crippen LogP contribution in [0.3, 0.4) is 0 Å². The third-order valence-corrected chi connectivity index (χ3v) is 3.75. The van der Waals surface area contributed by atoms with Gasteiger partial charge in [-0.15, -0.1) is 0 Å². The molecule has 0 saturated heterocycles. The van der Waals surface area contributed by atoms with Crippen LogP contribution >= 0.6 is 7.60 Å². The van der Waals surface area contributed by atoms with Gasteiger partial charge in [-0.25, -0.2) is 10.2 Å². The van der Waals surface area contributed by atoms with E-state index in [1.807, 2.05) is 0 Å². The second kappa shape index (κ2) is 8.22. The van der Waals surface area contributed by atoms with Gasteiger partial charge in [0.25, 0.3) is 0 Å². The summed E-state index contributed by atoms with van der Waals surface area (Å²) >= 11 is 0. The molecule has 0 saturated carbocycles.